The molecule has 0 aromatic rings. The van der Waals surface area contributed by atoms with Gasteiger partial charge in [0.1, 0.15) is 6.10 Å². The Morgan fingerprint density at radius 3 is 2.73 bits per heavy atom. The molecule has 0 aromatic carbocycles. The van der Waals surface area contributed by atoms with E-state index in [4.69, 9.17) is 4.74 Å². The summed E-state index contributed by atoms with van der Waals surface area (Å²) in [6, 6.07) is 0. The summed E-state index contributed by atoms with van der Waals surface area (Å²) in [5.74, 6) is 0.454. The molecule has 1 aliphatic carbocycles. The molecule has 0 aromatic heterocycles. The molecule has 3 aliphatic rings. The highest BCUT2D eigenvalue weighted by Crippen LogP contribution is 2.36. The van der Waals surface area contributed by atoms with E-state index in [-0.39, 0.29) is 18.0 Å². The quantitative estimate of drug-likeness (QED) is 0.575. The molecule has 122 valence electrons. The van der Waals surface area contributed by atoms with E-state index in [1.807, 2.05) is 0 Å². The molecule has 3 rings (SSSR count). The fourth-order valence-electron chi connectivity index (χ4n) is 4.10. The number of carbonyl (C=O) groups is 1. The molecule has 0 spiro atoms. The molecule has 0 amide bonds. The van der Waals surface area contributed by atoms with E-state index >= 15 is 0 Å². The van der Waals surface area contributed by atoms with Crippen LogP contribution in [0.4, 0.5) is 0 Å². The van der Waals surface area contributed by atoms with Crippen molar-refractivity contribution in [3.8, 4) is 0 Å². The van der Waals surface area contributed by atoms with Crippen molar-refractivity contribution in [1.29, 1.82) is 0 Å². The van der Waals surface area contributed by atoms with Gasteiger partial charge < -0.3 is 9.64 Å². The Bertz CT molecular complexity index is 474. The van der Waals surface area contributed by atoms with Crippen molar-refractivity contribution in [2.45, 2.75) is 58.5 Å². The van der Waals surface area contributed by atoms with E-state index in [0.717, 1.165) is 45.3 Å². The molecular formula is C19H29NO2. The summed E-state index contributed by atoms with van der Waals surface area (Å²) in [6.45, 7) is 7.59. The largest absolute Gasteiger partial charge is 0.458 e. The van der Waals surface area contributed by atoms with Gasteiger partial charge in [0, 0.05) is 12.5 Å². The van der Waals surface area contributed by atoms with Crippen LogP contribution in [0.1, 0.15) is 52.4 Å². The summed E-state index contributed by atoms with van der Waals surface area (Å²) in [7, 11) is 0. The maximum absolute atomic E-state index is 12.4. The van der Waals surface area contributed by atoms with E-state index in [2.05, 4.69) is 30.9 Å². The molecule has 22 heavy (non-hydrogen) atoms. The highest BCUT2D eigenvalue weighted by Gasteiger charge is 2.44. The number of fused-ring (bicyclic) bond motifs is 1. The van der Waals surface area contributed by atoms with Gasteiger partial charge in [-0.1, -0.05) is 17.2 Å². The summed E-state index contributed by atoms with van der Waals surface area (Å²) < 4.78 is 5.76. The summed E-state index contributed by atoms with van der Waals surface area (Å²) >= 11 is 0. The Kier molecular flexibility index (Phi) is 5.02. The Hall–Kier alpha value is -1.09. The van der Waals surface area contributed by atoms with Gasteiger partial charge in [0.05, 0.1) is 5.92 Å². The molecule has 0 bridgehead atoms. The number of esters is 1. The van der Waals surface area contributed by atoms with Gasteiger partial charge in [-0.2, -0.15) is 0 Å². The standard InChI is InChI=1S/C19H29NO2/c1-14-6-5-7-15(2)12-18-16(9-8-14)17(19(21)22-18)13-20-10-3-4-11-20/h6,12,16-18H,3-5,7-11,13H2,1-2H3/b14-6?,15-12+/t16-,17-,18+/m0/s1. The number of carbonyl (C=O) groups excluding carboxylic acids is 1. The van der Waals surface area contributed by atoms with E-state index in [1.165, 1.54) is 24.0 Å². The van der Waals surface area contributed by atoms with Gasteiger partial charge in [-0.3, -0.25) is 4.79 Å². The van der Waals surface area contributed by atoms with Gasteiger partial charge in [0.15, 0.2) is 0 Å². The minimum Gasteiger partial charge on any atom is -0.458 e. The summed E-state index contributed by atoms with van der Waals surface area (Å²) in [5, 5.41) is 0. The number of hydrogen-bond donors (Lipinski definition) is 0. The Balaban J connectivity index is 1.76. The maximum atomic E-state index is 12.4. The van der Waals surface area contributed by atoms with Crippen LogP contribution in [0.5, 0.6) is 0 Å². The fraction of sp³-hybridized carbons (Fsp3) is 0.737. The molecule has 2 aliphatic heterocycles. The zero-order chi connectivity index (χ0) is 15.5. The number of ether oxygens (including phenoxy) is 1. The normalized spacial score (nSPS) is 36.3. The minimum atomic E-state index is 0.00556. The van der Waals surface area contributed by atoms with E-state index in [9.17, 15) is 4.79 Å². The van der Waals surface area contributed by atoms with E-state index in [1.54, 1.807) is 0 Å². The third-order valence-electron chi connectivity index (χ3n) is 5.50. The SMILES string of the molecule is CC1=CCC/C(C)=C/[C@H]2OC(=O)[C@@H](CN3CCCC3)[C@@H]2CC1. The molecule has 0 radical (unpaired) electrons. The predicted octanol–water partition coefficient (Wildman–Crippen LogP) is 3.71. The molecule has 3 nitrogen and oxygen atoms in total. The predicted molar refractivity (Wildman–Crippen MR) is 88.5 cm³/mol. The monoisotopic (exact) mass is 303 g/mol. The zero-order valence-electron chi connectivity index (χ0n) is 14.0. The lowest BCUT2D eigenvalue weighted by Gasteiger charge is -2.24. The summed E-state index contributed by atoms with van der Waals surface area (Å²) in [6.07, 6.45) is 11.5. The van der Waals surface area contributed by atoms with Crippen molar-refractivity contribution >= 4 is 5.97 Å². The molecule has 0 unspecified atom stereocenters. The van der Waals surface area contributed by atoms with Crippen LogP contribution in [0.2, 0.25) is 0 Å². The average Bonchev–Trinajstić information content (AvgIpc) is 3.07. The highest BCUT2D eigenvalue weighted by atomic mass is 16.6. The number of nitrogens with zero attached hydrogens (tertiary/aromatic N) is 1. The Labute approximate surface area is 134 Å². The molecule has 3 atom stereocenters. The lowest BCUT2D eigenvalue weighted by molar-refractivity contribution is -0.143. The molecule has 0 N–H and O–H groups in total. The van der Waals surface area contributed by atoms with Crippen LogP contribution in [0, 0.1) is 11.8 Å². The first-order valence-electron chi connectivity index (χ1n) is 8.89. The molecular weight excluding hydrogens is 274 g/mol. The summed E-state index contributed by atoms with van der Waals surface area (Å²) in [4.78, 5) is 14.9. The molecule has 0 saturated carbocycles. The third kappa shape index (κ3) is 3.62. The van der Waals surface area contributed by atoms with Crippen LogP contribution in [0.15, 0.2) is 23.3 Å². The number of likely N-dealkylation sites (tertiary alicyclic amines) is 1. The first-order valence-corrected chi connectivity index (χ1v) is 8.89. The van der Waals surface area contributed by atoms with Crippen molar-refractivity contribution < 1.29 is 9.53 Å². The van der Waals surface area contributed by atoms with Gasteiger partial charge >= 0.3 is 5.97 Å². The molecule has 2 saturated heterocycles. The van der Waals surface area contributed by atoms with Crippen LogP contribution in [-0.2, 0) is 9.53 Å². The number of hydrogen-bond acceptors (Lipinski definition) is 3. The topological polar surface area (TPSA) is 29.5 Å². The highest BCUT2D eigenvalue weighted by molar-refractivity contribution is 5.76. The second-order valence-electron chi connectivity index (χ2n) is 7.32. The van der Waals surface area contributed by atoms with Crippen LogP contribution >= 0.6 is 0 Å². The van der Waals surface area contributed by atoms with Gasteiger partial charge in [-0.05, 0) is 71.5 Å². The number of allylic oxidation sites excluding steroid dienone is 3. The van der Waals surface area contributed by atoms with Crippen molar-refractivity contribution in [2.24, 2.45) is 11.8 Å². The van der Waals surface area contributed by atoms with E-state index in [0.29, 0.717) is 5.92 Å². The lowest BCUT2D eigenvalue weighted by Crippen LogP contribution is -2.33. The fourth-order valence-corrected chi connectivity index (χ4v) is 4.10. The minimum absolute atomic E-state index is 0.00556. The second kappa shape index (κ2) is 6.99. The van der Waals surface area contributed by atoms with Crippen LogP contribution in [-0.4, -0.2) is 36.6 Å². The summed E-state index contributed by atoms with van der Waals surface area (Å²) in [5.41, 5.74) is 2.82. The lowest BCUT2D eigenvalue weighted by atomic mass is 9.83. The smallest absolute Gasteiger partial charge is 0.311 e. The van der Waals surface area contributed by atoms with Crippen LogP contribution in [0.3, 0.4) is 0 Å². The second-order valence-corrected chi connectivity index (χ2v) is 7.32. The van der Waals surface area contributed by atoms with Gasteiger partial charge in [0.2, 0.25) is 0 Å². The molecule has 2 heterocycles. The van der Waals surface area contributed by atoms with Gasteiger partial charge in [-0.15, -0.1) is 0 Å². The van der Waals surface area contributed by atoms with Gasteiger partial charge in [-0.25, -0.2) is 0 Å². The average molecular weight is 303 g/mol. The zero-order valence-corrected chi connectivity index (χ0v) is 14.0. The van der Waals surface area contributed by atoms with Crippen LogP contribution < -0.4 is 0 Å². The van der Waals surface area contributed by atoms with E-state index < -0.39 is 0 Å². The van der Waals surface area contributed by atoms with Gasteiger partial charge in [0.25, 0.3) is 0 Å². The Morgan fingerprint density at radius 1 is 1.18 bits per heavy atom. The van der Waals surface area contributed by atoms with Crippen molar-refractivity contribution in [2.75, 3.05) is 19.6 Å². The number of rotatable bonds is 2. The molecule has 2 fully saturated rings. The van der Waals surface area contributed by atoms with Crippen molar-refractivity contribution in [1.82, 2.24) is 4.90 Å². The van der Waals surface area contributed by atoms with Crippen molar-refractivity contribution in [3.63, 3.8) is 0 Å². The third-order valence-corrected chi connectivity index (χ3v) is 5.50. The molecule has 3 heteroatoms. The van der Waals surface area contributed by atoms with Crippen molar-refractivity contribution in [3.05, 3.63) is 23.3 Å². The Morgan fingerprint density at radius 2 is 1.95 bits per heavy atom. The maximum Gasteiger partial charge on any atom is 0.311 e. The first kappa shape index (κ1) is 15.8. The first-order chi connectivity index (χ1) is 10.6. The van der Waals surface area contributed by atoms with Crippen LogP contribution in [0.25, 0.3) is 0 Å².